The Labute approximate surface area is 158 Å². The molecule has 0 saturated heterocycles. The Bertz CT molecular complexity index is 1130. The van der Waals surface area contributed by atoms with E-state index < -0.39 is 27.1 Å². The first-order chi connectivity index (χ1) is 12.8. The van der Waals surface area contributed by atoms with Crippen LogP contribution in [0.5, 0.6) is 5.75 Å². The predicted octanol–water partition coefficient (Wildman–Crippen LogP) is 1.54. The summed E-state index contributed by atoms with van der Waals surface area (Å²) in [6, 6.07) is 9.51. The fourth-order valence-corrected chi connectivity index (χ4v) is 3.58. The summed E-state index contributed by atoms with van der Waals surface area (Å²) in [6.45, 7) is 0.0745. The number of H-pyrrole nitrogens is 1. The minimum atomic E-state index is -3.30. The van der Waals surface area contributed by atoms with E-state index in [1.54, 1.807) is 29.6 Å². The van der Waals surface area contributed by atoms with Gasteiger partial charge in [0.2, 0.25) is 5.75 Å². The van der Waals surface area contributed by atoms with Crippen LogP contribution in [0.3, 0.4) is 0 Å². The van der Waals surface area contributed by atoms with Crippen molar-refractivity contribution in [3.8, 4) is 16.5 Å². The highest BCUT2D eigenvalue weighted by molar-refractivity contribution is 7.90. The molecule has 140 valence electrons. The lowest BCUT2D eigenvalue weighted by Crippen LogP contribution is -2.26. The van der Waals surface area contributed by atoms with Crippen LogP contribution in [0.4, 0.5) is 0 Å². The third-order valence-corrected chi connectivity index (χ3v) is 5.67. The predicted molar refractivity (Wildman–Crippen MR) is 101 cm³/mol. The molecule has 2 aromatic heterocycles. The van der Waals surface area contributed by atoms with Gasteiger partial charge in [-0.1, -0.05) is 18.2 Å². The lowest BCUT2D eigenvalue weighted by Gasteiger charge is -2.08. The average Bonchev–Trinajstić information content (AvgIpc) is 3.16. The molecule has 0 spiro atoms. The minimum Gasteiger partial charge on any atom is -0.501 e. The van der Waals surface area contributed by atoms with Gasteiger partial charge in [-0.25, -0.2) is 13.4 Å². The van der Waals surface area contributed by atoms with E-state index in [0.29, 0.717) is 10.4 Å². The molecule has 8 nitrogen and oxygen atoms in total. The molecule has 0 aliphatic carbocycles. The number of amides is 1. The Morgan fingerprint density at radius 1 is 1.26 bits per heavy atom. The van der Waals surface area contributed by atoms with Gasteiger partial charge < -0.3 is 15.4 Å². The van der Waals surface area contributed by atoms with E-state index >= 15 is 0 Å². The van der Waals surface area contributed by atoms with E-state index in [0.717, 1.165) is 6.26 Å². The van der Waals surface area contributed by atoms with Crippen LogP contribution in [0, 0.1) is 0 Å². The van der Waals surface area contributed by atoms with Gasteiger partial charge in [-0.15, -0.1) is 11.3 Å². The molecule has 1 amide bonds. The summed E-state index contributed by atoms with van der Waals surface area (Å²) in [4.78, 5) is 31.5. The molecule has 3 aromatic rings. The number of thiophene rings is 1. The van der Waals surface area contributed by atoms with Crippen LogP contribution in [0.15, 0.2) is 51.5 Å². The van der Waals surface area contributed by atoms with Gasteiger partial charge in [-0.2, -0.15) is 0 Å². The number of rotatable bonds is 5. The monoisotopic (exact) mass is 405 g/mol. The van der Waals surface area contributed by atoms with Crippen LogP contribution in [-0.4, -0.2) is 35.7 Å². The molecule has 10 heteroatoms. The van der Waals surface area contributed by atoms with E-state index in [9.17, 15) is 23.1 Å². The van der Waals surface area contributed by atoms with Gasteiger partial charge in [-0.05, 0) is 29.1 Å². The number of nitrogens with zero attached hydrogens (tertiary/aromatic N) is 1. The number of carbonyl (C=O) groups excluding carboxylic acids is 1. The van der Waals surface area contributed by atoms with E-state index in [4.69, 9.17) is 0 Å². The molecule has 0 bridgehead atoms. The van der Waals surface area contributed by atoms with Crippen molar-refractivity contribution in [2.75, 3.05) is 6.26 Å². The van der Waals surface area contributed by atoms with Gasteiger partial charge >= 0.3 is 0 Å². The number of carbonyl (C=O) groups is 1. The number of sulfone groups is 1. The first-order valence-corrected chi connectivity index (χ1v) is 10.5. The summed E-state index contributed by atoms with van der Waals surface area (Å²) in [5.74, 6) is -1.29. The first kappa shape index (κ1) is 18.8. The summed E-state index contributed by atoms with van der Waals surface area (Å²) in [7, 11) is -3.30. The Kier molecular flexibility index (Phi) is 5.10. The summed E-state index contributed by atoms with van der Waals surface area (Å²) < 4.78 is 22.9. The molecule has 3 rings (SSSR count). The topological polar surface area (TPSA) is 129 Å². The molecular weight excluding hydrogens is 390 g/mol. The second-order valence-corrected chi connectivity index (χ2v) is 8.65. The number of benzene rings is 1. The SMILES string of the molecule is CS(=O)(=O)c1ccc(CNC(=O)c2nc(-c3cccs3)[nH]c(=O)c2O)cc1. The van der Waals surface area contributed by atoms with Crippen molar-refractivity contribution in [2.45, 2.75) is 11.4 Å². The van der Waals surface area contributed by atoms with Crippen LogP contribution in [0.25, 0.3) is 10.7 Å². The fourth-order valence-electron chi connectivity index (χ4n) is 2.28. The maximum absolute atomic E-state index is 12.4. The molecule has 0 aliphatic heterocycles. The molecule has 0 aliphatic rings. The molecular formula is C17H15N3O5S2. The zero-order valence-corrected chi connectivity index (χ0v) is 15.7. The molecule has 0 unspecified atom stereocenters. The Morgan fingerprint density at radius 3 is 2.56 bits per heavy atom. The first-order valence-electron chi connectivity index (χ1n) is 7.70. The highest BCUT2D eigenvalue weighted by Gasteiger charge is 2.18. The molecule has 0 fully saturated rings. The Morgan fingerprint density at radius 2 is 1.96 bits per heavy atom. The lowest BCUT2D eigenvalue weighted by molar-refractivity contribution is 0.0942. The molecule has 3 N–H and O–H groups in total. The van der Waals surface area contributed by atoms with Gasteiger partial charge in [0.05, 0.1) is 9.77 Å². The van der Waals surface area contributed by atoms with Crippen molar-refractivity contribution in [1.29, 1.82) is 0 Å². The molecule has 1 aromatic carbocycles. The zero-order chi connectivity index (χ0) is 19.6. The lowest BCUT2D eigenvalue weighted by atomic mass is 10.2. The summed E-state index contributed by atoms with van der Waals surface area (Å²) in [5, 5.41) is 14.2. The van der Waals surface area contributed by atoms with Gasteiger partial charge in [0.1, 0.15) is 0 Å². The van der Waals surface area contributed by atoms with Crippen molar-refractivity contribution in [3.63, 3.8) is 0 Å². The maximum atomic E-state index is 12.4. The van der Waals surface area contributed by atoms with Crippen LogP contribution >= 0.6 is 11.3 Å². The second-order valence-electron chi connectivity index (χ2n) is 5.69. The molecule has 2 heterocycles. The van der Waals surface area contributed by atoms with Crippen molar-refractivity contribution in [2.24, 2.45) is 0 Å². The van der Waals surface area contributed by atoms with Crippen molar-refractivity contribution < 1.29 is 18.3 Å². The third kappa shape index (κ3) is 4.23. The zero-order valence-electron chi connectivity index (χ0n) is 14.1. The second kappa shape index (κ2) is 7.33. The standard InChI is InChI=1S/C17H15N3O5S2/c1-27(24,25)11-6-4-10(5-7-11)9-18-16(22)13-14(21)17(23)20-15(19-13)12-3-2-8-26-12/h2-8,21H,9H2,1H3,(H,18,22)(H,19,20,23). The minimum absolute atomic E-state index is 0.0745. The molecule has 0 radical (unpaired) electrons. The van der Waals surface area contributed by atoms with Gasteiger partial charge in [-0.3, -0.25) is 9.59 Å². The number of hydrogen-bond donors (Lipinski definition) is 3. The number of hydrogen-bond acceptors (Lipinski definition) is 7. The van der Waals surface area contributed by atoms with Gasteiger partial charge in [0, 0.05) is 12.8 Å². The van der Waals surface area contributed by atoms with Gasteiger partial charge in [0.25, 0.3) is 11.5 Å². The normalized spacial score (nSPS) is 11.3. The van der Waals surface area contributed by atoms with E-state index in [-0.39, 0.29) is 23.0 Å². The average molecular weight is 405 g/mol. The molecule has 0 atom stereocenters. The van der Waals surface area contributed by atoms with Crippen molar-refractivity contribution in [1.82, 2.24) is 15.3 Å². The highest BCUT2D eigenvalue weighted by Crippen LogP contribution is 2.21. The van der Waals surface area contributed by atoms with Gasteiger partial charge in [0.15, 0.2) is 21.4 Å². The fraction of sp³-hybridized carbons (Fsp3) is 0.118. The third-order valence-electron chi connectivity index (χ3n) is 3.67. The van der Waals surface area contributed by atoms with Crippen molar-refractivity contribution in [3.05, 3.63) is 63.4 Å². The summed E-state index contributed by atoms with van der Waals surface area (Å²) in [6.07, 6.45) is 1.11. The van der Waals surface area contributed by atoms with Crippen LogP contribution in [0.1, 0.15) is 16.1 Å². The van der Waals surface area contributed by atoms with Crippen LogP contribution < -0.4 is 10.9 Å². The Hall–Kier alpha value is -2.98. The summed E-state index contributed by atoms with van der Waals surface area (Å²) in [5.41, 5.74) is -0.537. The van der Waals surface area contributed by atoms with Crippen LogP contribution in [-0.2, 0) is 16.4 Å². The summed E-state index contributed by atoms with van der Waals surface area (Å²) >= 11 is 1.33. The Balaban J connectivity index is 1.79. The molecule has 0 saturated carbocycles. The van der Waals surface area contributed by atoms with E-state index in [1.807, 2.05) is 0 Å². The van der Waals surface area contributed by atoms with E-state index in [2.05, 4.69) is 15.3 Å². The molecule has 27 heavy (non-hydrogen) atoms. The van der Waals surface area contributed by atoms with Crippen molar-refractivity contribution >= 4 is 27.1 Å². The number of aromatic nitrogens is 2. The van der Waals surface area contributed by atoms with E-state index in [1.165, 1.54) is 23.5 Å². The highest BCUT2D eigenvalue weighted by atomic mass is 32.2. The quantitative estimate of drug-likeness (QED) is 0.590. The number of nitrogens with one attached hydrogen (secondary N) is 2. The number of aromatic hydroxyl groups is 1. The number of aromatic amines is 1. The maximum Gasteiger partial charge on any atom is 0.294 e. The largest absolute Gasteiger partial charge is 0.501 e. The van der Waals surface area contributed by atoms with Crippen LogP contribution in [0.2, 0.25) is 0 Å². The smallest absolute Gasteiger partial charge is 0.294 e.